The van der Waals surface area contributed by atoms with E-state index in [1.165, 1.54) is 12.8 Å². The Labute approximate surface area is 167 Å². The van der Waals surface area contributed by atoms with Gasteiger partial charge in [0.1, 0.15) is 11.5 Å². The molecular formula is C20H27F3N2O4. The molecule has 0 bridgehead atoms. The van der Waals surface area contributed by atoms with Crippen LogP contribution in [0.25, 0.3) is 0 Å². The van der Waals surface area contributed by atoms with Gasteiger partial charge < -0.3 is 14.4 Å². The first-order chi connectivity index (χ1) is 13.6. The molecule has 4 rings (SSSR count). The lowest BCUT2D eigenvalue weighted by Crippen LogP contribution is -2.44. The summed E-state index contributed by atoms with van der Waals surface area (Å²) < 4.78 is 37.4. The summed E-state index contributed by atoms with van der Waals surface area (Å²) in [5.74, 6) is 0.522. The van der Waals surface area contributed by atoms with Crippen LogP contribution in [-0.4, -0.2) is 59.1 Å². The Morgan fingerprint density at radius 2 is 1.79 bits per heavy atom. The van der Waals surface area contributed by atoms with Crippen molar-refractivity contribution >= 4 is 11.9 Å². The summed E-state index contributed by atoms with van der Waals surface area (Å²) in [5, 5.41) is 7.12. The van der Waals surface area contributed by atoms with E-state index in [0.29, 0.717) is 5.91 Å². The molecule has 0 aromatic carbocycles. The topological polar surface area (TPSA) is 74.0 Å². The Morgan fingerprint density at radius 3 is 2.28 bits per heavy atom. The zero-order valence-electron chi connectivity index (χ0n) is 16.5. The molecule has 3 aliphatic rings. The number of aryl methyl sites for hydroxylation is 1. The van der Waals surface area contributed by atoms with Crippen LogP contribution in [-0.2, 0) is 16.1 Å². The van der Waals surface area contributed by atoms with Crippen molar-refractivity contribution in [2.24, 2.45) is 11.3 Å². The largest absolute Gasteiger partial charge is 0.490 e. The minimum absolute atomic E-state index is 0.0372. The Kier molecular flexibility index (Phi) is 6.26. The van der Waals surface area contributed by atoms with E-state index in [4.69, 9.17) is 14.3 Å². The van der Waals surface area contributed by atoms with E-state index >= 15 is 0 Å². The van der Waals surface area contributed by atoms with E-state index in [9.17, 15) is 18.0 Å². The van der Waals surface area contributed by atoms with E-state index in [1.807, 2.05) is 13.0 Å². The van der Waals surface area contributed by atoms with E-state index in [2.05, 4.69) is 15.9 Å². The molecule has 9 heteroatoms. The smallest absolute Gasteiger partial charge is 0.475 e. The van der Waals surface area contributed by atoms with Crippen molar-refractivity contribution in [3.8, 4) is 0 Å². The fourth-order valence-electron chi connectivity index (χ4n) is 4.07. The van der Waals surface area contributed by atoms with Crippen LogP contribution in [0.4, 0.5) is 13.2 Å². The number of aliphatic carboxylic acids is 1. The first-order valence-electron chi connectivity index (χ1n) is 9.96. The van der Waals surface area contributed by atoms with Crippen LogP contribution in [0.1, 0.15) is 43.6 Å². The summed E-state index contributed by atoms with van der Waals surface area (Å²) in [6.45, 7) is 6.92. The molecule has 1 amide bonds. The minimum Gasteiger partial charge on any atom is -0.475 e. The second-order valence-electron chi connectivity index (χ2n) is 8.32. The van der Waals surface area contributed by atoms with Gasteiger partial charge in [-0.1, -0.05) is 0 Å². The maximum absolute atomic E-state index is 12.8. The quantitative estimate of drug-likeness (QED) is 0.814. The molecule has 1 spiro atoms. The molecule has 1 N–H and O–H groups in total. The highest BCUT2D eigenvalue weighted by Gasteiger charge is 2.48. The maximum Gasteiger partial charge on any atom is 0.490 e. The first-order valence-corrected chi connectivity index (χ1v) is 9.96. The summed E-state index contributed by atoms with van der Waals surface area (Å²) in [6.07, 6.45) is 0.686. The molecule has 1 aromatic rings. The van der Waals surface area contributed by atoms with Crippen LogP contribution in [0.5, 0.6) is 0 Å². The van der Waals surface area contributed by atoms with Gasteiger partial charge in [-0.25, -0.2) is 4.79 Å². The fraction of sp³-hybridized carbons (Fsp3) is 0.700. The Bertz CT molecular complexity index is 734. The number of nitrogens with zero attached hydrogens (tertiary/aromatic N) is 2. The molecule has 162 valence electrons. The highest BCUT2D eigenvalue weighted by atomic mass is 19.4. The highest BCUT2D eigenvalue weighted by Crippen LogP contribution is 2.43. The number of carbonyl (C=O) groups is 2. The summed E-state index contributed by atoms with van der Waals surface area (Å²) in [6, 6.07) is 4.09. The third kappa shape index (κ3) is 5.52. The predicted molar refractivity (Wildman–Crippen MR) is 98.0 cm³/mol. The normalized spacial score (nSPS) is 21.9. The summed E-state index contributed by atoms with van der Waals surface area (Å²) in [4.78, 5) is 26.3. The molecular weight excluding hydrogens is 389 g/mol. The van der Waals surface area contributed by atoms with E-state index in [-0.39, 0.29) is 5.41 Å². The Hall–Kier alpha value is -2.03. The standard InChI is InChI=1S/C18H26N2O2.C2HF3O2/c1-14-2-5-16(22-14)13-19-9-6-18(7-10-19)8-11-20(17(18)21)12-15-3-4-15;3-2(4,5)1(6)7/h2,5,15H,3-4,6-13H2,1H3;(H,6,7). The van der Waals surface area contributed by atoms with Crippen molar-refractivity contribution < 1.29 is 32.3 Å². The molecule has 3 heterocycles. The van der Waals surface area contributed by atoms with Crippen molar-refractivity contribution in [3.63, 3.8) is 0 Å². The summed E-state index contributed by atoms with van der Waals surface area (Å²) in [7, 11) is 0. The van der Waals surface area contributed by atoms with Gasteiger partial charge in [0.25, 0.3) is 0 Å². The van der Waals surface area contributed by atoms with Crippen molar-refractivity contribution in [1.29, 1.82) is 0 Å². The van der Waals surface area contributed by atoms with Crippen LogP contribution in [0, 0.1) is 18.3 Å². The predicted octanol–water partition coefficient (Wildman–Crippen LogP) is 3.45. The number of likely N-dealkylation sites (tertiary alicyclic amines) is 2. The van der Waals surface area contributed by atoms with Crippen molar-refractivity contribution in [2.45, 2.75) is 51.7 Å². The van der Waals surface area contributed by atoms with Gasteiger partial charge in [0.2, 0.25) is 5.91 Å². The SMILES string of the molecule is Cc1ccc(CN2CCC3(CC2)CCN(CC2CC2)C3=O)o1.O=C(O)C(F)(F)F. The van der Waals surface area contributed by atoms with E-state index in [0.717, 1.165) is 69.4 Å². The monoisotopic (exact) mass is 416 g/mol. The molecule has 29 heavy (non-hydrogen) atoms. The molecule has 3 fully saturated rings. The number of furan rings is 1. The molecule has 0 unspecified atom stereocenters. The second-order valence-corrected chi connectivity index (χ2v) is 8.32. The van der Waals surface area contributed by atoms with Gasteiger partial charge in [-0.05, 0) is 70.2 Å². The lowest BCUT2D eigenvalue weighted by Gasteiger charge is -2.37. The fourth-order valence-corrected chi connectivity index (χ4v) is 4.07. The number of carboxylic acid groups (broad SMARTS) is 1. The maximum atomic E-state index is 12.8. The number of hydrogen-bond acceptors (Lipinski definition) is 4. The lowest BCUT2D eigenvalue weighted by molar-refractivity contribution is -0.192. The van der Waals surface area contributed by atoms with Gasteiger partial charge >= 0.3 is 12.1 Å². The molecule has 2 saturated heterocycles. The van der Waals surface area contributed by atoms with E-state index in [1.54, 1.807) is 0 Å². The number of alkyl halides is 3. The van der Waals surface area contributed by atoms with Gasteiger partial charge in [0, 0.05) is 13.1 Å². The number of piperidine rings is 1. The van der Waals surface area contributed by atoms with Crippen LogP contribution in [0.3, 0.4) is 0 Å². The molecule has 0 atom stereocenters. The molecule has 1 aliphatic carbocycles. The second kappa shape index (κ2) is 8.38. The molecule has 1 saturated carbocycles. The molecule has 6 nitrogen and oxygen atoms in total. The number of halogens is 3. The number of hydrogen-bond donors (Lipinski definition) is 1. The van der Waals surface area contributed by atoms with Gasteiger partial charge in [-0.2, -0.15) is 13.2 Å². The summed E-state index contributed by atoms with van der Waals surface area (Å²) in [5.41, 5.74) is -0.0372. The van der Waals surface area contributed by atoms with Crippen LogP contribution in [0.2, 0.25) is 0 Å². The molecule has 2 aliphatic heterocycles. The zero-order valence-corrected chi connectivity index (χ0v) is 16.5. The summed E-state index contributed by atoms with van der Waals surface area (Å²) >= 11 is 0. The third-order valence-electron chi connectivity index (χ3n) is 6.01. The van der Waals surface area contributed by atoms with Crippen molar-refractivity contribution in [3.05, 3.63) is 23.7 Å². The van der Waals surface area contributed by atoms with Crippen LogP contribution in [0.15, 0.2) is 16.5 Å². The number of carbonyl (C=O) groups excluding carboxylic acids is 1. The highest BCUT2D eigenvalue weighted by molar-refractivity contribution is 5.85. The van der Waals surface area contributed by atoms with Gasteiger partial charge in [-0.15, -0.1) is 0 Å². The number of amides is 1. The van der Waals surface area contributed by atoms with Gasteiger partial charge in [-0.3, -0.25) is 9.69 Å². The van der Waals surface area contributed by atoms with E-state index < -0.39 is 12.1 Å². The Balaban J connectivity index is 0.000000298. The third-order valence-corrected chi connectivity index (χ3v) is 6.01. The average Bonchev–Trinajstić information content (AvgIpc) is 3.31. The van der Waals surface area contributed by atoms with Crippen LogP contribution < -0.4 is 0 Å². The molecule has 0 radical (unpaired) electrons. The zero-order chi connectivity index (χ0) is 21.2. The average molecular weight is 416 g/mol. The van der Waals surface area contributed by atoms with Gasteiger partial charge in [0.05, 0.1) is 12.0 Å². The Morgan fingerprint density at radius 1 is 1.21 bits per heavy atom. The van der Waals surface area contributed by atoms with Crippen molar-refractivity contribution in [1.82, 2.24) is 9.80 Å². The number of carboxylic acids is 1. The number of rotatable bonds is 4. The lowest BCUT2D eigenvalue weighted by atomic mass is 9.77. The minimum atomic E-state index is -5.08. The molecule has 1 aromatic heterocycles. The van der Waals surface area contributed by atoms with Gasteiger partial charge in [0.15, 0.2) is 0 Å². The first kappa shape index (κ1) is 21.7. The van der Waals surface area contributed by atoms with Crippen LogP contribution >= 0.6 is 0 Å². The van der Waals surface area contributed by atoms with Crippen molar-refractivity contribution in [2.75, 3.05) is 26.2 Å².